The van der Waals surface area contributed by atoms with E-state index in [0.717, 1.165) is 25.1 Å². The second-order valence-electron chi connectivity index (χ2n) is 8.23. The lowest BCUT2D eigenvalue weighted by Gasteiger charge is -2.32. The normalized spacial score (nSPS) is 22.7. The van der Waals surface area contributed by atoms with Crippen molar-refractivity contribution in [2.24, 2.45) is 5.92 Å². The molecule has 156 valence electrons. The van der Waals surface area contributed by atoms with Crippen molar-refractivity contribution in [2.75, 3.05) is 13.7 Å². The second kappa shape index (κ2) is 7.40. The Morgan fingerprint density at radius 2 is 2.10 bits per heavy atom. The predicted molar refractivity (Wildman–Crippen MR) is 113 cm³/mol. The number of ether oxygens (including phenoxy) is 1. The molecule has 2 heterocycles. The number of aromatic nitrogens is 2. The van der Waals surface area contributed by atoms with Crippen LogP contribution in [0.3, 0.4) is 0 Å². The smallest absolute Gasteiger partial charge is 0.328 e. The number of methoxy groups -OCH3 is 1. The Morgan fingerprint density at radius 3 is 2.93 bits per heavy atom. The van der Waals surface area contributed by atoms with Gasteiger partial charge in [0.05, 0.1) is 18.0 Å². The van der Waals surface area contributed by atoms with E-state index in [9.17, 15) is 14.0 Å². The quantitative estimate of drug-likeness (QED) is 0.694. The molecule has 1 aliphatic carbocycles. The number of H-pyrrole nitrogens is 1. The molecule has 3 atom stereocenters. The summed E-state index contributed by atoms with van der Waals surface area (Å²) >= 11 is 0. The van der Waals surface area contributed by atoms with Crippen molar-refractivity contribution in [3.8, 4) is 5.75 Å². The average Bonchev–Trinajstić information content (AvgIpc) is 3.17. The Labute approximate surface area is 172 Å². The maximum absolute atomic E-state index is 13.6. The Balaban J connectivity index is 1.45. The van der Waals surface area contributed by atoms with Crippen LogP contribution < -0.4 is 21.3 Å². The molecule has 7 heteroatoms. The first-order chi connectivity index (χ1) is 14.6. The van der Waals surface area contributed by atoms with E-state index in [2.05, 4.69) is 16.4 Å². The molecule has 0 spiro atoms. The number of nitrogens with zero attached hydrogens (tertiary/aromatic N) is 1. The third-order valence-electron chi connectivity index (χ3n) is 6.70. The van der Waals surface area contributed by atoms with Crippen molar-refractivity contribution in [1.29, 1.82) is 0 Å². The molecule has 0 saturated carbocycles. The predicted octanol–water partition coefficient (Wildman–Crippen LogP) is 2.55. The van der Waals surface area contributed by atoms with Crippen LogP contribution >= 0.6 is 0 Å². The van der Waals surface area contributed by atoms with Crippen LogP contribution in [0, 0.1) is 11.7 Å². The van der Waals surface area contributed by atoms with E-state index in [1.54, 1.807) is 7.11 Å². The van der Waals surface area contributed by atoms with Crippen molar-refractivity contribution >= 4 is 10.9 Å². The van der Waals surface area contributed by atoms with Gasteiger partial charge in [-0.1, -0.05) is 12.1 Å². The molecule has 1 aliphatic heterocycles. The lowest BCUT2D eigenvalue weighted by Crippen LogP contribution is -2.38. The zero-order valence-electron chi connectivity index (χ0n) is 16.8. The number of halogens is 1. The third-order valence-corrected chi connectivity index (χ3v) is 6.70. The topological polar surface area (TPSA) is 76.1 Å². The van der Waals surface area contributed by atoms with E-state index in [0.29, 0.717) is 23.8 Å². The van der Waals surface area contributed by atoms with Crippen LogP contribution in [0.1, 0.15) is 29.9 Å². The molecule has 1 saturated heterocycles. The average molecular weight is 409 g/mol. The summed E-state index contributed by atoms with van der Waals surface area (Å²) in [6, 6.07) is 10.2. The Bertz CT molecular complexity index is 1230. The lowest BCUT2D eigenvalue weighted by molar-refractivity contribution is 0.371. The van der Waals surface area contributed by atoms with Gasteiger partial charge in [-0.15, -0.1) is 0 Å². The van der Waals surface area contributed by atoms with Gasteiger partial charge in [0.15, 0.2) is 0 Å². The fourth-order valence-electron chi connectivity index (χ4n) is 5.30. The lowest BCUT2D eigenvalue weighted by atomic mass is 9.73. The molecule has 1 fully saturated rings. The first-order valence-electron chi connectivity index (χ1n) is 10.4. The molecule has 2 aliphatic rings. The van der Waals surface area contributed by atoms with Gasteiger partial charge in [-0.05, 0) is 67.1 Å². The highest BCUT2D eigenvalue weighted by atomic mass is 19.1. The number of aromatic amines is 1. The monoisotopic (exact) mass is 409 g/mol. The van der Waals surface area contributed by atoms with Gasteiger partial charge in [0.1, 0.15) is 11.6 Å². The number of hydrogen-bond donors (Lipinski definition) is 2. The van der Waals surface area contributed by atoms with Gasteiger partial charge >= 0.3 is 5.69 Å². The molecule has 3 unspecified atom stereocenters. The van der Waals surface area contributed by atoms with E-state index < -0.39 is 17.1 Å². The molecular weight excluding hydrogens is 385 g/mol. The minimum Gasteiger partial charge on any atom is -0.496 e. The Kier molecular flexibility index (Phi) is 4.70. The minimum absolute atomic E-state index is 0.163. The van der Waals surface area contributed by atoms with Crippen molar-refractivity contribution in [3.05, 3.63) is 74.2 Å². The summed E-state index contributed by atoms with van der Waals surface area (Å²) in [7, 11) is 1.70. The summed E-state index contributed by atoms with van der Waals surface area (Å²) < 4.78 is 20.4. The van der Waals surface area contributed by atoms with E-state index >= 15 is 0 Å². The van der Waals surface area contributed by atoms with E-state index in [1.807, 2.05) is 12.1 Å². The summed E-state index contributed by atoms with van der Waals surface area (Å²) in [5.41, 5.74) is 2.02. The summed E-state index contributed by atoms with van der Waals surface area (Å²) in [5, 5.41) is 3.80. The summed E-state index contributed by atoms with van der Waals surface area (Å²) in [6.45, 7) is 1.21. The molecule has 0 radical (unpaired) electrons. The van der Waals surface area contributed by atoms with Crippen LogP contribution in [-0.2, 0) is 13.0 Å². The highest BCUT2D eigenvalue weighted by molar-refractivity contribution is 5.77. The van der Waals surface area contributed by atoms with Crippen LogP contribution in [0.4, 0.5) is 4.39 Å². The highest BCUT2D eigenvalue weighted by Gasteiger charge is 2.40. The number of hydrogen-bond acceptors (Lipinski definition) is 4. The summed E-state index contributed by atoms with van der Waals surface area (Å²) in [6.07, 6.45) is 2.74. The molecule has 5 rings (SSSR count). The van der Waals surface area contributed by atoms with Gasteiger partial charge in [0, 0.05) is 18.5 Å². The number of nitrogens with one attached hydrogen (secondary N) is 2. The Morgan fingerprint density at radius 1 is 1.23 bits per heavy atom. The molecule has 2 N–H and O–H groups in total. The standard InChI is InChI=1S/C23H24FN3O3/c1-30-20-4-2-3-16-15(20)7-5-13-12-25-19(21(13)16)9-10-27-22(28)17-11-14(24)6-8-18(17)26-23(27)29/h2-4,6,8,11,13,19,21,25H,5,7,9-10,12H2,1H3,(H,26,29). The largest absolute Gasteiger partial charge is 0.496 e. The van der Waals surface area contributed by atoms with Crippen LogP contribution in [0.2, 0.25) is 0 Å². The first kappa shape index (κ1) is 19.1. The van der Waals surface area contributed by atoms with Gasteiger partial charge in [-0.3, -0.25) is 9.36 Å². The minimum atomic E-state index is -0.494. The van der Waals surface area contributed by atoms with Crippen LogP contribution in [0.25, 0.3) is 10.9 Å². The first-order valence-corrected chi connectivity index (χ1v) is 10.4. The van der Waals surface area contributed by atoms with Gasteiger partial charge in [-0.25, -0.2) is 9.18 Å². The fourth-order valence-corrected chi connectivity index (χ4v) is 5.30. The van der Waals surface area contributed by atoms with E-state index in [4.69, 9.17) is 4.74 Å². The fraction of sp³-hybridized carbons (Fsp3) is 0.391. The van der Waals surface area contributed by atoms with Crippen molar-refractivity contribution in [3.63, 3.8) is 0 Å². The van der Waals surface area contributed by atoms with Crippen molar-refractivity contribution in [1.82, 2.24) is 14.9 Å². The number of fused-ring (bicyclic) bond motifs is 4. The highest BCUT2D eigenvalue weighted by Crippen LogP contribution is 2.45. The number of benzene rings is 2. The maximum atomic E-state index is 13.6. The zero-order chi connectivity index (χ0) is 20.8. The van der Waals surface area contributed by atoms with Gasteiger partial charge < -0.3 is 15.0 Å². The molecule has 3 aromatic rings. The molecule has 0 amide bonds. The molecule has 30 heavy (non-hydrogen) atoms. The molecule has 1 aromatic heterocycles. The van der Waals surface area contributed by atoms with Crippen LogP contribution in [0.15, 0.2) is 46.0 Å². The van der Waals surface area contributed by atoms with Gasteiger partial charge in [-0.2, -0.15) is 0 Å². The zero-order valence-corrected chi connectivity index (χ0v) is 16.8. The third kappa shape index (κ3) is 3.04. The van der Waals surface area contributed by atoms with Crippen LogP contribution in [-0.4, -0.2) is 29.2 Å². The summed E-state index contributed by atoms with van der Waals surface area (Å²) in [5.74, 6) is 1.30. The van der Waals surface area contributed by atoms with E-state index in [-0.39, 0.29) is 18.0 Å². The maximum Gasteiger partial charge on any atom is 0.328 e. The SMILES string of the molecule is COc1cccc2c1CCC1CNC(CCn3c(=O)[nH]c4ccc(F)cc4c3=O)C21. The number of rotatable bonds is 4. The van der Waals surface area contributed by atoms with Gasteiger partial charge in [0.25, 0.3) is 5.56 Å². The van der Waals surface area contributed by atoms with Crippen LogP contribution in [0.5, 0.6) is 5.75 Å². The summed E-state index contributed by atoms with van der Waals surface area (Å²) in [4.78, 5) is 28.0. The van der Waals surface area contributed by atoms with Crippen molar-refractivity contribution in [2.45, 2.75) is 37.8 Å². The van der Waals surface area contributed by atoms with E-state index in [1.165, 1.54) is 33.9 Å². The molecule has 0 bridgehead atoms. The second-order valence-corrected chi connectivity index (χ2v) is 8.23. The van der Waals surface area contributed by atoms with Crippen molar-refractivity contribution < 1.29 is 9.13 Å². The molecule has 2 aromatic carbocycles. The molecule has 6 nitrogen and oxygen atoms in total. The molecular formula is C23H24FN3O3. The Hall–Kier alpha value is -2.93. The van der Waals surface area contributed by atoms with Gasteiger partial charge in [0.2, 0.25) is 0 Å².